The van der Waals surface area contributed by atoms with Crippen molar-refractivity contribution in [3.05, 3.63) is 56.9 Å². The third kappa shape index (κ3) is 4.20. The maximum atomic E-state index is 13.0. The van der Waals surface area contributed by atoms with Crippen LogP contribution in [-0.2, 0) is 6.54 Å². The lowest BCUT2D eigenvalue weighted by atomic mass is 9.97. The van der Waals surface area contributed by atoms with Crippen LogP contribution in [-0.4, -0.2) is 22.1 Å². The van der Waals surface area contributed by atoms with Gasteiger partial charge in [0.2, 0.25) is 5.88 Å². The van der Waals surface area contributed by atoms with E-state index in [1.165, 1.54) is 6.92 Å². The van der Waals surface area contributed by atoms with Crippen molar-refractivity contribution in [1.29, 1.82) is 5.26 Å². The number of nitriles is 1. The molecule has 0 amide bonds. The molecule has 1 heterocycles. The standard InChI is InChI=1S/C21H24N2O4/c1-4-6-11-23-20(25)17(13-22)14(3)18(21(23)26)19(24)15-7-9-16(10-8-15)27-12-5-2/h7-10,26H,4-6,11-12H2,1-3H3. The zero-order valence-electron chi connectivity index (χ0n) is 15.9. The van der Waals surface area contributed by atoms with Gasteiger partial charge in [-0.25, -0.2) is 0 Å². The van der Waals surface area contributed by atoms with E-state index in [-0.39, 0.29) is 29.1 Å². The number of hydrogen-bond donors (Lipinski definition) is 1. The Morgan fingerprint density at radius 3 is 2.44 bits per heavy atom. The Balaban J connectivity index is 2.52. The van der Waals surface area contributed by atoms with Crippen LogP contribution >= 0.6 is 0 Å². The number of aromatic hydroxyl groups is 1. The van der Waals surface area contributed by atoms with Crippen LogP contribution in [0.5, 0.6) is 11.6 Å². The first-order valence-corrected chi connectivity index (χ1v) is 9.10. The van der Waals surface area contributed by atoms with Crippen molar-refractivity contribution in [3.63, 3.8) is 0 Å². The van der Waals surface area contributed by atoms with Gasteiger partial charge in [-0.2, -0.15) is 5.26 Å². The first-order valence-electron chi connectivity index (χ1n) is 9.10. The van der Waals surface area contributed by atoms with Crippen LogP contribution in [0.1, 0.15) is 60.2 Å². The fourth-order valence-corrected chi connectivity index (χ4v) is 2.81. The Bertz CT molecular complexity index is 921. The number of aromatic nitrogens is 1. The van der Waals surface area contributed by atoms with Crippen molar-refractivity contribution in [2.75, 3.05) is 6.61 Å². The molecule has 0 spiro atoms. The van der Waals surface area contributed by atoms with E-state index in [1.807, 2.05) is 19.9 Å². The summed E-state index contributed by atoms with van der Waals surface area (Å²) >= 11 is 0. The zero-order chi connectivity index (χ0) is 20.0. The summed E-state index contributed by atoms with van der Waals surface area (Å²) in [5.41, 5.74) is -0.147. The molecule has 142 valence electrons. The summed E-state index contributed by atoms with van der Waals surface area (Å²) in [6.45, 7) is 6.30. The van der Waals surface area contributed by atoms with E-state index in [0.29, 0.717) is 24.3 Å². The Hall–Kier alpha value is -3.07. The monoisotopic (exact) mass is 368 g/mol. The minimum atomic E-state index is -0.569. The molecule has 2 rings (SSSR count). The van der Waals surface area contributed by atoms with Gasteiger partial charge in [0.1, 0.15) is 17.4 Å². The molecule has 0 fully saturated rings. The second kappa shape index (κ2) is 9.04. The van der Waals surface area contributed by atoms with Crippen molar-refractivity contribution < 1.29 is 14.6 Å². The summed E-state index contributed by atoms with van der Waals surface area (Å²) in [5, 5.41) is 20.0. The van der Waals surface area contributed by atoms with E-state index in [1.54, 1.807) is 24.3 Å². The van der Waals surface area contributed by atoms with Crippen LogP contribution < -0.4 is 10.3 Å². The van der Waals surface area contributed by atoms with Crippen LogP contribution in [0.3, 0.4) is 0 Å². The molecule has 1 aromatic carbocycles. The highest BCUT2D eigenvalue weighted by molar-refractivity contribution is 6.11. The summed E-state index contributed by atoms with van der Waals surface area (Å²) < 4.78 is 6.62. The number of hydrogen-bond acceptors (Lipinski definition) is 5. The average Bonchev–Trinajstić information content (AvgIpc) is 2.67. The molecule has 0 aliphatic rings. The molecule has 0 aliphatic carbocycles. The molecule has 1 N–H and O–H groups in total. The van der Waals surface area contributed by atoms with Crippen molar-refractivity contribution in [1.82, 2.24) is 4.57 Å². The van der Waals surface area contributed by atoms with Crippen LogP contribution in [0.25, 0.3) is 0 Å². The van der Waals surface area contributed by atoms with Gasteiger partial charge in [0, 0.05) is 12.1 Å². The molecule has 1 aromatic heterocycles. The number of ketones is 1. The molecule has 0 radical (unpaired) electrons. The Morgan fingerprint density at radius 2 is 1.89 bits per heavy atom. The molecule has 6 heteroatoms. The molecule has 2 aromatic rings. The first-order chi connectivity index (χ1) is 13.0. The second-order valence-electron chi connectivity index (χ2n) is 6.32. The Morgan fingerprint density at radius 1 is 1.22 bits per heavy atom. The number of benzene rings is 1. The molecule has 27 heavy (non-hydrogen) atoms. The van der Waals surface area contributed by atoms with Gasteiger partial charge < -0.3 is 9.84 Å². The third-order valence-corrected chi connectivity index (χ3v) is 4.35. The van der Waals surface area contributed by atoms with Crippen LogP contribution in [0.15, 0.2) is 29.1 Å². The van der Waals surface area contributed by atoms with Gasteiger partial charge in [0.05, 0.1) is 12.2 Å². The minimum absolute atomic E-state index is 0.00974. The molecule has 0 atom stereocenters. The van der Waals surface area contributed by atoms with Crippen molar-refractivity contribution in [3.8, 4) is 17.7 Å². The fraction of sp³-hybridized carbons (Fsp3) is 0.381. The van der Waals surface area contributed by atoms with Crippen molar-refractivity contribution in [2.24, 2.45) is 0 Å². The molecular formula is C21H24N2O4. The van der Waals surface area contributed by atoms with Crippen LogP contribution in [0, 0.1) is 18.3 Å². The maximum Gasteiger partial charge on any atom is 0.271 e. The second-order valence-corrected chi connectivity index (χ2v) is 6.32. The number of unbranched alkanes of at least 4 members (excludes halogenated alkanes) is 1. The molecule has 0 saturated heterocycles. The molecule has 0 bridgehead atoms. The normalized spacial score (nSPS) is 10.4. The van der Waals surface area contributed by atoms with E-state index in [2.05, 4.69) is 0 Å². The van der Waals surface area contributed by atoms with Gasteiger partial charge in [-0.3, -0.25) is 14.2 Å². The number of carbonyl (C=O) groups is 1. The third-order valence-electron chi connectivity index (χ3n) is 4.35. The highest BCUT2D eigenvalue weighted by Crippen LogP contribution is 2.26. The van der Waals surface area contributed by atoms with Gasteiger partial charge in [0.25, 0.3) is 5.56 Å². The highest BCUT2D eigenvalue weighted by atomic mass is 16.5. The van der Waals surface area contributed by atoms with Crippen molar-refractivity contribution >= 4 is 5.78 Å². The van der Waals surface area contributed by atoms with E-state index >= 15 is 0 Å². The van der Waals surface area contributed by atoms with Gasteiger partial charge in [-0.15, -0.1) is 0 Å². The predicted octanol–water partition coefficient (Wildman–Crippen LogP) is 3.55. The lowest BCUT2D eigenvalue weighted by Crippen LogP contribution is -2.26. The zero-order valence-corrected chi connectivity index (χ0v) is 15.9. The van der Waals surface area contributed by atoms with Crippen LogP contribution in [0.4, 0.5) is 0 Å². The molecule has 0 saturated carbocycles. The Kier molecular flexibility index (Phi) is 6.78. The van der Waals surface area contributed by atoms with E-state index < -0.39 is 11.3 Å². The summed E-state index contributed by atoms with van der Waals surface area (Å²) in [4.78, 5) is 25.4. The van der Waals surface area contributed by atoms with E-state index in [0.717, 1.165) is 17.4 Å². The largest absolute Gasteiger partial charge is 0.494 e. The lowest BCUT2D eigenvalue weighted by Gasteiger charge is -2.15. The van der Waals surface area contributed by atoms with Gasteiger partial charge >= 0.3 is 0 Å². The highest BCUT2D eigenvalue weighted by Gasteiger charge is 2.24. The topological polar surface area (TPSA) is 92.3 Å². The van der Waals surface area contributed by atoms with E-state index in [9.17, 15) is 20.0 Å². The summed E-state index contributed by atoms with van der Waals surface area (Å²) in [6, 6.07) is 8.47. The van der Waals surface area contributed by atoms with Crippen molar-refractivity contribution in [2.45, 2.75) is 46.6 Å². The molecule has 0 unspecified atom stereocenters. The fourth-order valence-electron chi connectivity index (χ4n) is 2.81. The number of carbonyl (C=O) groups excluding carboxylic acids is 1. The van der Waals surface area contributed by atoms with Gasteiger partial charge in [0.15, 0.2) is 5.78 Å². The number of nitrogens with zero attached hydrogens (tertiary/aromatic N) is 2. The van der Waals surface area contributed by atoms with Gasteiger partial charge in [-0.05, 0) is 49.6 Å². The number of pyridine rings is 1. The molecule has 0 aliphatic heterocycles. The summed E-state index contributed by atoms with van der Waals surface area (Å²) in [5.74, 6) is -0.171. The quantitative estimate of drug-likeness (QED) is 0.719. The van der Waals surface area contributed by atoms with E-state index in [4.69, 9.17) is 4.74 Å². The summed E-state index contributed by atoms with van der Waals surface area (Å²) in [6.07, 6.45) is 2.34. The maximum absolute atomic E-state index is 13.0. The van der Waals surface area contributed by atoms with Crippen LogP contribution in [0.2, 0.25) is 0 Å². The predicted molar refractivity (Wildman–Crippen MR) is 102 cm³/mol. The minimum Gasteiger partial charge on any atom is -0.494 e. The SMILES string of the molecule is CCCCn1c(O)c(C(=O)c2ccc(OCCC)cc2)c(C)c(C#N)c1=O. The smallest absolute Gasteiger partial charge is 0.271 e. The average molecular weight is 368 g/mol. The van der Waals surface area contributed by atoms with Gasteiger partial charge in [-0.1, -0.05) is 20.3 Å². The number of rotatable bonds is 8. The first kappa shape index (κ1) is 20.2. The molecular weight excluding hydrogens is 344 g/mol. The Labute approximate surface area is 158 Å². The summed E-state index contributed by atoms with van der Waals surface area (Å²) in [7, 11) is 0. The molecule has 6 nitrogen and oxygen atoms in total. The number of ether oxygens (including phenoxy) is 1. The lowest BCUT2D eigenvalue weighted by molar-refractivity contribution is 0.103.